The third-order valence-electron chi connectivity index (χ3n) is 5.55. The van der Waals surface area contributed by atoms with E-state index in [-0.39, 0.29) is 22.9 Å². The van der Waals surface area contributed by atoms with E-state index in [0.29, 0.717) is 0 Å². The van der Waals surface area contributed by atoms with Crippen LogP contribution in [0, 0.1) is 11.8 Å². The van der Waals surface area contributed by atoms with Crippen molar-refractivity contribution in [3.8, 4) is 0 Å². The maximum absolute atomic E-state index is 11.9. The first-order chi connectivity index (χ1) is 10.7. The molecule has 0 aromatic rings. The van der Waals surface area contributed by atoms with Gasteiger partial charge in [0.1, 0.15) is 0 Å². The number of carbonyl (C=O) groups is 1. The Morgan fingerprint density at radius 2 is 1.78 bits per heavy atom. The van der Waals surface area contributed by atoms with Crippen LogP contribution in [0.3, 0.4) is 0 Å². The lowest BCUT2D eigenvalue weighted by molar-refractivity contribution is -0.147. The fourth-order valence-electron chi connectivity index (χ4n) is 4.65. The quantitative estimate of drug-likeness (QED) is 0.473. The number of rotatable bonds is 9. The lowest BCUT2D eigenvalue weighted by Crippen LogP contribution is -2.61. The van der Waals surface area contributed by atoms with E-state index in [0.717, 1.165) is 38.6 Å². The molecule has 0 saturated carbocycles. The van der Waals surface area contributed by atoms with Crippen molar-refractivity contribution < 1.29 is 9.90 Å². The molecule has 1 heterocycles. The minimum atomic E-state index is -0.602. The molecule has 1 aliphatic heterocycles. The zero-order valence-corrected chi connectivity index (χ0v) is 15.9. The first-order valence-corrected chi connectivity index (χ1v) is 9.27. The van der Waals surface area contributed by atoms with Gasteiger partial charge >= 0.3 is 5.97 Å². The molecule has 0 aliphatic carbocycles. The number of piperidine rings is 1. The van der Waals surface area contributed by atoms with Gasteiger partial charge in [-0.05, 0) is 52.9 Å². The molecule has 1 fully saturated rings. The van der Waals surface area contributed by atoms with Crippen LogP contribution >= 0.6 is 0 Å². The van der Waals surface area contributed by atoms with Crippen LogP contribution in [0.1, 0.15) is 79.6 Å². The van der Waals surface area contributed by atoms with Gasteiger partial charge in [-0.3, -0.25) is 9.69 Å². The lowest BCUT2D eigenvalue weighted by atomic mass is 9.68. The highest BCUT2D eigenvalue weighted by Gasteiger charge is 2.47. The Labute approximate surface area is 143 Å². The topological polar surface area (TPSA) is 40.5 Å². The SMILES string of the molecule is C=CCN1C(C)(C)CC(C(CCCCCC)C(=O)O)CC1(C)C. The van der Waals surface area contributed by atoms with Gasteiger partial charge in [0.05, 0.1) is 5.92 Å². The molecule has 0 spiro atoms. The van der Waals surface area contributed by atoms with Gasteiger partial charge in [-0.15, -0.1) is 6.58 Å². The Hall–Kier alpha value is -0.830. The molecular formula is C20H37NO2. The molecule has 0 radical (unpaired) electrons. The van der Waals surface area contributed by atoms with Gasteiger partial charge in [-0.1, -0.05) is 38.7 Å². The van der Waals surface area contributed by atoms with E-state index in [2.05, 4.69) is 46.1 Å². The Morgan fingerprint density at radius 1 is 1.22 bits per heavy atom. The fourth-order valence-corrected chi connectivity index (χ4v) is 4.65. The van der Waals surface area contributed by atoms with E-state index in [1.807, 2.05) is 6.08 Å². The second-order valence-corrected chi connectivity index (χ2v) is 8.49. The Kier molecular flexibility index (Phi) is 7.31. The van der Waals surface area contributed by atoms with Crippen LogP contribution in [-0.2, 0) is 4.79 Å². The predicted molar refractivity (Wildman–Crippen MR) is 97.7 cm³/mol. The van der Waals surface area contributed by atoms with Crippen LogP contribution < -0.4 is 0 Å². The number of aliphatic carboxylic acids is 1. The lowest BCUT2D eigenvalue weighted by Gasteiger charge is -2.56. The molecule has 1 aliphatic rings. The molecule has 1 N–H and O–H groups in total. The van der Waals surface area contributed by atoms with E-state index in [4.69, 9.17) is 0 Å². The summed E-state index contributed by atoms with van der Waals surface area (Å²) in [4.78, 5) is 14.3. The smallest absolute Gasteiger partial charge is 0.306 e. The number of hydrogen-bond acceptors (Lipinski definition) is 2. The van der Waals surface area contributed by atoms with Crippen molar-refractivity contribution in [3.63, 3.8) is 0 Å². The van der Waals surface area contributed by atoms with Crippen molar-refractivity contribution in [1.82, 2.24) is 4.90 Å². The minimum absolute atomic E-state index is 0.0116. The number of unbranched alkanes of at least 4 members (excludes halogenated alkanes) is 3. The maximum Gasteiger partial charge on any atom is 0.306 e. The van der Waals surface area contributed by atoms with Crippen LogP contribution in [0.5, 0.6) is 0 Å². The Bertz CT molecular complexity index is 382. The van der Waals surface area contributed by atoms with Gasteiger partial charge in [0.2, 0.25) is 0 Å². The van der Waals surface area contributed by atoms with E-state index >= 15 is 0 Å². The Morgan fingerprint density at radius 3 is 2.22 bits per heavy atom. The van der Waals surface area contributed by atoms with Crippen molar-refractivity contribution in [2.24, 2.45) is 11.8 Å². The van der Waals surface area contributed by atoms with Gasteiger partial charge in [0, 0.05) is 17.6 Å². The molecule has 1 atom stereocenters. The minimum Gasteiger partial charge on any atom is -0.481 e. The molecule has 3 heteroatoms. The largest absolute Gasteiger partial charge is 0.481 e. The van der Waals surface area contributed by atoms with Gasteiger partial charge in [0.25, 0.3) is 0 Å². The normalized spacial score (nSPS) is 22.7. The summed E-state index contributed by atoms with van der Waals surface area (Å²) in [5, 5.41) is 9.76. The van der Waals surface area contributed by atoms with Crippen LogP contribution in [0.25, 0.3) is 0 Å². The number of carboxylic acid groups (broad SMARTS) is 1. The average molecular weight is 324 g/mol. The summed E-state index contributed by atoms with van der Waals surface area (Å²) in [5.74, 6) is -0.535. The molecule has 0 amide bonds. The first kappa shape index (κ1) is 20.2. The monoisotopic (exact) mass is 323 g/mol. The summed E-state index contributed by atoms with van der Waals surface area (Å²) in [6.07, 6.45) is 9.29. The number of nitrogens with zero attached hydrogens (tertiary/aromatic N) is 1. The van der Waals surface area contributed by atoms with Gasteiger partial charge in [0.15, 0.2) is 0 Å². The van der Waals surface area contributed by atoms with E-state index in [9.17, 15) is 9.90 Å². The first-order valence-electron chi connectivity index (χ1n) is 9.27. The van der Waals surface area contributed by atoms with Crippen molar-refractivity contribution in [3.05, 3.63) is 12.7 Å². The molecular weight excluding hydrogens is 286 g/mol. The maximum atomic E-state index is 11.9. The molecule has 0 aromatic heterocycles. The summed E-state index contributed by atoms with van der Waals surface area (Å²) >= 11 is 0. The molecule has 0 aromatic carbocycles. The third-order valence-corrected chi connectivity index (χ3v) is 5.55. The molecule has 1 saturated heterocycles. The summed E-state index contributed by atoms with van der Waals surface area (Å²) in [5.41, 5.74) is 0.0233. The molecule has 1 unspecified atom stereocenters. The van der Waals surface area contributed by atoms with Crippen LogP contribution in [0.2, 0.25) is 0 Å². The van der Waals surface area contributed by atoms with E-state index < -0.39 is 5.97 Å². The molecule has 134 valence electrons. The van der Waals surface area contributed by atoms with E-state index in [1.165, 1.54) is 12.8 Å². The zero-order chi connectivity index (χ0) is 17.7. The molecule has 23 heavy (non-hydrogen) atoms. The van der Waals surface area contributed by atoms with Crippen molar-refractivity contribution in [2.75, 3.05) is 6.54 Å². The van der Waals surface area contributed by atoms with E-state index in [1.54, 1.807) is 0 Å². The van der Waals surface area contributed by atoms with Crippen LogP contribution in [-0.4, -0.2) is 33.6 Å². The zero-order valence-electron chi connectivity index (χ0n) is 15.9. The van der Waals surface area contributed by atoms with Crippen molar-refractivity contribution >= 4 is 5.97 Å². The second-order valence-electron chi connectivity index (χ2n) is 8.49. The van der Waals surface area contributed by atoms with Crippen LogP contribution in [0.4, 0.5) is 0 Å². The molecule has 0 bridgehead atoms. The van der Waals surface area contributed by atoms with Gasteiger partial charge in [-0.2, -0.15) is 0 Å². The molecule has 3 nitrogen and oxygen atoms in total. The number of carboxylic acids is 1. The number of likely N-dealkylation sites (tertiary alicyclic amines) is 1. The van der Waals surface area contributed by atoms with Crippen LogP contribution in [0.15, 0.2) is 12.7 Å². The average Bonchev–Trinajstić information content (AvgIpc) is 2.41. The predicted octanol–water partition coefficient (Wildman–Crippen LogP) is 5.11. The highest BCUT2D eigenvalue weighted by molar-refractivity contribution is 5.70. The molecule has 1 rings (SSSR count). The third kappa shape index (κ3) is 5.34. The van der Waals surface area contributed by atoms with Crippen molar-refractivity contribution in [2.45, 2.75) is 90.6 Å². The van der Waals surface area contributed by atoms with Gasteiger partial charge < -0.3 is 5.11 Å². The standard InChI is InChI=1S/C20H37NO2/c1-7-9-10-11-12-17(18(22)23)16-14-19(3,4)21(13-8-2)20(5,6)15-16/h8,16-17H,2,7,9-15H2,1,3-6H3,(H,22,23). The highest BCUT2D eigenvalue weighted by Crippen LogP contribution is 2.45. The Balaban J connectivity index is 2.85. The van der Waals surface area contributed by atoms with Gasteiger partial charge in [-0.25, -0.2) is 0 Å². The summed E-state index contributed by atoms with van der Waals surface area (Å²) in [6, 6.07) is 0. The van der Waals surface area contributed by atoms with Crippen molar-refractivity contribution in [1.29, 1.82) is 0 Å². The summed E-state index contributed by atoms with van der Waals surface area (Å²) in [7, 11) is 0. The second kappa shape index (κ2) is 8.32. The summed E-state index contributed by atoms with van der Waals surface area (Å²) in [6.45, 7) is 15.9. The summed E-state index contributed by atoms with van der Waals surface area (Å²) < 4.78 is 0. The fraction of sp³-hybridized carbons (Fsp3) is 0.850. The highest BCUT2D eigenvalue weighted by atomic mass is 16.4. The number of hydrogen-bond donors (Lipinski definition) is 1.